The highest BCUT2D eigenvalue weighted by molar-refractivity contribution is 6.04. The lowest BCUT2D eigenvalue weighted by molar-refractivity contribution is 0.304. The molecular weight excluding hydrogens is 407 g/mol. The van der Waals surface area contributed by atoms with Crippen molar-refractivity contribution in [3.05, 3.63) is 70.5 Å². The van der Waals surface area contributed by atoms with Gasteiger partial charge in [0.15, 0.2) is 0 Å². The number of hydrogen-bond acceptors (Lipinski definition) is 4. The highest BCUT2D eigenvalue weighted by Gasteiger charge is 2.11. The normalized spacial score (nSPS) is 11.7. The number of unbranched alkanes of at least 4 members (excludes halogenated alkanes) is 5. The maximum atomic E-state index is 13.5. The van der Waals surface area contributed by atoms with Crippen molar-refractivity contribution in [1.29, 1.82) is 0 Å². The SMILES string of the molecule is CCCCCCCCOc1ccc(/C=N/n2cnc3c([nH]c4ccc(F)cc43)c2=O)cc1. The van der Waals surface area contributed by atoms with E-state index in [0.29, 0.717) is 21.9 Å². The fourth-order valence-electron chi connectivity index (χ4n) is 3.65. The first kappa shape index (κ1) is 21.7. The third-order valence-corrected chi connectivity index (χ3v) is 5.43. The van der Waals surface area contributed by atoms with Gasteiger partial charge in [-0.3, -0.25) is 4.79 Å². The molecule has 0 fully saturated rings. The summed E-state index contributed by atoms with van der Waals surface area (Å²) >= 11 is 0. The number of ether oxygens (including phenoxy) is 1. The molecular formula is C25H27FN4O2. The predicted molar refractivity (Wildman–Crippen MR) is 126 cm³/mol. The number of fused-ring (bicyclic) bond motifs is 3. The number of nitrogens with zero attached hydrogens (tertiary/aromatic N) is 3. The highest BCUT2D eigenvalue weighted by atomic mass is 19.1. The fraction of sp³-hybridized carbons (Fsp3) is 0.320. The number of rotatable bonds is 10. The van der Waals surface area contributed by atoms with Crippen LogP contribution in [0.15, 0.2) is 58.7 Å². The third-order valence-electron chi connectivity index (χ3n) is 5.43. The molecule has 32 heavy (non-hydrogen) atoms. The van der Waals surface area contributed by atoms with Gasteiger partial charge in [-0.1, -0.05) is 39.0 Å². The Hall–Kier alpha value is -3.48. The summed E-state index contributed by atoms with van der Waals surface area (Å²) in [5, 5.41) is 4.81. The minimum absolute atomic E-state index is 0.295. The molecule has 4 rings (SSSR count). The first-order valence-corrected chi connectivity index (χ1v) is 11.1. The van der Waals surface area contributed by atoms with E-state index in [4.69, 9.17) is 4.74 Å². The van der Waals surface area contributed by atoms with E-state index in [9.17, 15) is 9.18 Å². The molecule has 2 heterocycles. The summed E-state index contributed by atoms with van der Waals surface area (Å²) in [6, 6.07) is 11.9. The van der Waals surface area contributed by atoms with Crippen LogP contribution >= 0.6 is 0 Å². The molecule has 166 valence electrons. The van der Waals surface area contributed by atoms with Crippen molar-refractivity contribution >= 4 is 28.2 Å². The second-order valence-electron chi connectivity index (χ2n) is 7.86. The van der Waals surface area contributed by atoms with E-state index in [-0.39, 0.29) is 11.4 Å². The summed E-state index contributed by atoms with van der Waals surface area (Å²) < 4.78 is 20.5. The quantitative estimate of drug-likeness (QED) is 0.259. The summed E-state index contributed by atoms with van der Waals surface area (Å²) in [6.07, 6.45) is 10.3. The highest BCUT2D eigenvalue weighted by Crippen LogP contribution is 2.22. The third kappa shape index (κ3) is 5.04. The van der Waals surface area contributed by atoms with E-state index in [1.54, 1.807) is 12.3 Å². The van der Waals surface area contributed by atoms with Gasteiger partial charge in [0.2, 0.25) is 0 Å². The van der Waals surface area contributed by atoms with Gasteiger partial charge in [-0.2, -0.15) is 9.78 Å². The molecule has 6 nitrogen and oxygen atoms in total. The van der Waals surface area contributed by atoms with Crippen LogP contribution in [0, 0.1) is 5.82 Å². The zero-order chi connectivity index (χ0) is 22.3. The molecule has 0 aliphatic carbocycles. The zero-order valence-electron chi connectivity index (χ0n) is 18.2. The molecule has 0 unspecified atom stereocenters. The maximum absolute atomic E-state index is 13.5. The Kier molecular flexibility index (Phi) is 6.94. The standard InChI is InChI=1S/C25H27FN4O2/c1-2-3-4-5-6-7-14-32-20-11-8-18(9-12-20)16-28-30-17-27-23-21-15-19(26)10-13-22(21)29-24(23)25(30)31/h8-13,15-17,29H,2-7,14H2,1H3/b28-16+. The van der Waals surface area contributed by atoms with E-state index in [0.717, 1.165) is 29.0 Å². The van der Waals surface area contributed by atoms with Crippen LogP contribution in [0.3, 0.4) is 0 Å². The fourth-order valence-corrected chi connectivity index (χ4v) is 3.65. The first-order chi connectivity index (χ1) is 15.7. The topological polar surface area (TPSA) is 72.3 Å². The Morgan fingerprint density at radius 1 is 1.09 bits per heavy atom. The van der Waals surface area contributed by atoms with Gasteiger partial charge in [0, 0.05) is 10.9 Å². The van der Waals surface area contributed by atoms with Crippen molar-refractivity contribution < 1.29 is 9.13 Å². The van der Waals surface area contributed by atoms with Crippen molar-refractivity contribution in [2.24, 2.45) is 5.10 Å². The lowest BCUT2D eigenvalue weighted by Crippen LogP contribution is -2.17. The summed E-state index contributed by atoms with van der Waals surface area (Å²) in [4.78, 5) is 20.1. The van der Waals surface area contributed by atoms with Gasteiger partial charge in [0.05, 0.1) is 12.8 Å². The van der Waals surface area contributed by atoms with E-state index < -0.39 is 0 Å². The number of aromatic amines is 1. The summed E-state index contributed by atoms with van der Waals surface area (Å²) in [5.74, 6) is 0.447. The van der Waals surface area contributed by atoms with Crippen molar-refractivity contribution in [2.45, 2.75) is 45.4 Å². The second kappa shape index (κ2) is 10.2. The molecule has 0 bridgehead atoms. The van der Waals surface area contributed by atoms with Crippen LogP contribution in [-0.4, -0.2) is 27.5 Å². The Bertz CT molecular complexity index is 1280. The van der Waals surface area contributed by atoms with Crippen LogP contribution in [0.1, 0.15) is 51.0 Å². The average molecular weight is 435 g/mol. The van der Waals surface area contributed by atoms with Crippen molar-refractivity contribution in [3.63, 3.8) is 0 Å². The first-order valence-electron chi connectivity index (χ1n) is 11.1. The second-order valence-corrected chi connectivity index (χ2v) is 7.86. The van der Waals surface area contributed by atoms with Crippen LogP contribution in [0.2, 0.25) is 0 Å². The summed E-state index contributed by atoms with van der Waals surface area (Å²) in [5.41, 5.74) is 1.88. The monoisotopic (exact) mass is 434 g/mol. The van der Waals surface area contributed by atoms with Gasteiger partial charge in [-0.15, -0.1) is 0 Å². The van der Waals surface area contributed by atoms with E-state index in [1.807, 2.05) is 24.3 Å². The number of benzene rings is 2. The molecule has 1 N–H and O–H groups in total. The van der Waals surface area contributed by atoms with Crippen LogP contribution in [0.4, 0.5) is 4.39 Å². The van der Waals surface area contributed by atoms with Gasteiger partial charge in [-0.25, -0.2) is 9.37 Å². The molecule has 2 aromatic heterocycles. The molecule has 0 saturated heterocycles. The molecule has 0 saturated carbocycles. The molecule has 4 aromatic rings. The number of aromatic nitrogens is 3. The Morgan fingerprint density at radius 3 is 2.69 bits per heavy atom. The van der Waals surface area contributed by atoms with Crippen LogP contribution in [0.5, 0.6) is 5.75 Å². The van der Waals surface area contributed by atoms with Crippen LogP contribution in [-0.2, 0) is 0 Å². The molecule has 0 radical (unpaired) electrons. The van der Waals surface area contributed by atoms with Crippen molar-refractivity contribution in [2.75, 3.05) is 6.61 Å². The molecule has 0 spiro atoms. The zero-order valence-corrected chi connectivity index (χ0v) is 18.2. The Labute approximate surface area is 185 Å². The molecule has 0 atom stereocenters. The van der Waals surface area contributed by atoms with Gasteiger partial charge >= 0.3 is 0 Å². The number of nitrogens with one attached hydrogen (secondary N) is 1. The minimum Gasteiger partial charge on any atom is -0.494 e. The molecule has 7 heteroatoms. The number of halogens is 1. The largest absolute Gasteiger partial charge is 0.494 e. The average Bonchev–Trinajstić information content (AvgIpc) is 3.17. The van der Waals surface area contributed by atoms with Crippen LogP contribution in [0.25, 0.3) is 21.9 Å². The predicted octanol–water partition coefficient (Wildman–Crippen LogP) is 5.64. The van der Waals surface area contributed by atoms with Gasteiger partial charge < -0.3 is 9.72 Å². The maximum Gasteiger partial charge on any atom is 0.298 e. The van der Waals surface area contributed by atoms with Crippen LogP contribution < -0.4 is 10.3 Å². The van der Waals surface area contributed by atoms with Crippen molar-refractivity contribution in [3.8, 4) is 5.75 Å². The van der Waals surface area contributed by atoms with E-state index in [1.165, 1.54) is 50.6 Å². The number of hydrogen-bond donors (Lipinski definition) is 1. The lowest BCUT2D eigenvalue weighted by atomic mass is 10.1. The lowest BCUT2D eigenvalue weighted by Gasteiger charge is -2.06. The van der Waals surface area contributed by atoms with E-state index >= 15 is 0 Å². The summed E-state index contributed by atoms with van der Waals surface area (Å²) in [6.45, 7) is 2.94. The molecule has 0 aliphatic heterocycles. The van der Waals surface area contributed by atoms with E-state index in [2.05, 4.69) is 22.0 Å². The Morgan fingerprint density at radius 2 is 1.88 bits per heavy atom. The van der Waals surface area contributed by atoms with Gasteiger partial charge in [0.1, 0.15) is 28.9 Å². The smallest absolute Gasteiger partial charge is 0.298 e. The van der Waals surface area contributed by atoms with Gasteiger partial charge in [0.25, 0.3) is 5.56 Å². The molecule has 0 aliphatic rings. The summed E-state index contributed by atoms with van der Waals surface area (Å²) in [7, 11) is 0. The van der Waals surface area contributed by atoms with Gasteiger partial charge in [-0.05, 0) is 54.4 Å². The Balaban J connectivity index is 1.39. The molecule has 2 aromatic carbocycles. The number of H-pyrrole nitrogens is 1. The van der Waals surface area contributed by atoms with Crippen molar-refractivity contribution in [1.82, 2.24) is 14.6 Å². The molecule has 0 amide bonds. The minimum atomic E-state index is -0.373.